The molecular formula is C20H23F3N2O. The van der Waals surface area contributed by atoms with Crippen molar-refractivity contribution < 1.29 is 17.9 Å². The van der Waals surface area contributed by atoms with Crippen LogP contribution in [0, 0.1) is 0 Å². The summed E-state index contributed by atoms with van der Waals surface area (Å²) in [4.78, 5) is 2.22. The molecule has 1 N–H and O–H groups in total. The summed E-state index contributed by atoms with van der Waals surface area (Å²) < 4.78 is 45.0. The van der Waals surface area contributed by atoms with E-state index in [1.807, 2.05) is 31.2 Å². The molecule has 140 valence electrons. The van der Waals surface area contributed by atoms with Gasteiger partial charge in [0.25, 0.3) is 0 Å². The summed E-state index contributed by atoms with van der Waals surface area (Å²) in [6.07, 6.45) is -4.34. The Morgan fingerprint density at radius 1 is 1.04 bits per heavy atom. The standard InChI is InChI=1S/C20H23F3N2O/c1-2-26-18-8-6-15(7-9-18)19(25-12-10-24-11-13-25)16-4-3-5-17(14-16)20(21,22)23/h3-9,14,19,24H,2,10-13H2,1H3. The molecule has 26 heavy (non-hydrogen) atoms. The van der Waals surface area contributed by atoms with Gasteiger partial charge in [-0.3, -0.25) is 4.90 Å². The van der Waals surface area contributed by atoms with Crippen molar-refractivity contribution in [2.24, 2.45) is 0 Å². The molecule has 1 aliphatic rings. The molecule has 0 amide bonds. The van der Waals surface area contributed by atoms with E-state index in [-0.39, 0.29) is 6.04 Å². The van der Waals surface area contributed by atoms with E-state index in [9.17, 15) is 13.2 Å². The third kappa shape index (κ3) is 4.37. The molecule has 0 aromatic heterocycles. The largest absolute Gasteiger partial charge is 0.494 e. The second kappa shape index (κ2) is 8.10. The van der Waals surface area contributed by atoms with Gasteiger partial charge in [0.15, 0.2) is 0 Å². The maximum absolute atomic E-state index is 13.2. The number of benzene rings is 2. The number of nitrogens with zero attached hydrogens (tertiary/aromatic N) is 1. The first kappa shape index (κ1) is 18.7. The summed E-state index contributed by atoms with van der Waals surface area (Å²) in [5, 5.41) is 3.29. The maximum atomic E-state index is 13.2. The Kier molecular flexibility index (Phi) is 5.84. The number of hydrogen-bond donors (Lipinski definition) is 1. The summed E-state index contributed by atoms with van der Waals surface area (Å²) in [5.41, 5.74) is 1.02. The van der Waals surface area contributed by atoms with Crippen LogP contribution in [0.2, 0.25) is 0 Å². The lowest BCUT2D eigenvalue weighted by Gasteiger charge is -2.36. The van der Waals surface area contributed by atoms with Crippen molar-refractivity contribution in [2.45, 2.75) is 19.1 Å². The number of ether oxygens (including phenoxy) is 1. The molecule has 0 saturated carbocycles. The first-order valence-electron chi connectivity index (χ1n) is 8.83. The van der Waals surface area contributed by atoms with Crippen LogP contribution < -0.4 is 10.1 Å². The number of nitrogens with one attached hydrogen (secondary N) is 1. The smallest absolute Gasteiger partial charge is 0.416 e. The summed E-state index contributed by atoms with van der Waals surface area (Å²) in [5.74, 6) is 0.763. The second-order valence-electron chi connectivity index (χ2n) is 6.31. The molecule has 3 nitrogen and oxygen atoms in total. The highest BCUT2D eigenvalue weighted by atomic mass is 19.4. The van der Waals surface area contributed by atoms with Gasteiger partial charge in [-0.05, 0) is 42.3 Å². The monoisotopic (exact) mass is 364 g/mol. The number of hydrogen-bond acceptors (Lipinski definition) is 3. The molecule has 1 saturated heterocycles. The van der Waals surface area contributed by atoms with E-state index >= 15 is 0 Å². The molecule has 1 aliphatic heterocycles. The van der Waals surface area contributed by atoms with Crippen molar-refractivity contribution in [2.75, 3.05) is 32.8 Å². The third-order valence-electron chi connectivity index (χ3n) is 4.55. The fourth-order valence-electron chi connectivity index (χ4n) is 3.35. The molecule has 3 rings (SSSR count). The van der Waals surface area contributed by atoms with Gasteiger partial charge in [0.05, 0.1) is 18.2 Å². The van der Waals surface area contributed by atoms with Crippen LogP contribution in [0.3, 0.4) is 0 Å². The number of rotatable bonds is 5. The van der Waals surface area contributed by atoms with Crippen molar-refractivity contribution >= 4 is 0 Å². The Morgan fingerprint density at radius 3 is 2.35 bits per heavy atom. The van der Waals surface area contributed by atoms with Crippen LogP contribution in [0.25, 0.3) is 0 Å². The molecule has 1 atom stereocenters. The van der Waals surface area contributed by atoms with E-state index in [1.165, 1.54) is 12.1 Å². The zero-order chi connectivity index (χ0) is 18.6. The quantitative estimate of drug-likeness (QED) is 0.865. The molecule has 1 fully saturated rings. The predicted molar refractivity (Wildman–Crippen MR) is 95.3 cm³/mol. The molecule has 2 aromatic rings. The Bertz CT molecular complexity index is 710. The normalized spacial score (nSPS) is 17.1. The molecule has 2 aromatic carbocycles. The summed E-state index contributed by atoms with van der Waals surface area (Å²) in [7, 11) is 0. The lowest BCUT2D eigenvalue weighted by atomic mass is 9.95. The zero-order valence-corrected chi connectivity index (χ0v) is 14.7. The second-order valence-corrected chi connectivity index (χ2v) is 6.31. The highest BCUT2D eigenvalue weighted by Crippen LogP contribution is 2.35. The molecule has 0 spiro atoms. The van der Waals surface area contributed by atoms with Crippen molar-refractivity contribution in [3.8, 4) is 5.75 Å². The molecule has 6 heteroatoms. The van der Waals surface area contributed by atoms with Crippen LogP contribution in [0.4, 0.5) is 13.2 Å². The van der Waals surface area contributed by atoms with Crippen LogP contribution in [0.5, 0.6) is 5.75 Å². The maximum Gasteiger partial charge on any atom is 0.416 e. The minimum Gasteiger partial charge on any atom is -0.494 e. The van der Waals surface area contributed by atoms with E-state index in [0.29, 0.717) is 12.2 Å². The van der Waals surface area contributed by atoms with E-state index in [4.69, 9.17) is 4.74 Å². The average molecular weight is 364 g/mol. The summed E-state index contributed by atoms with van der Waals surface area (Å²) >= 11 is 0. The molecule has 0 bridgehead atoms. The first-order chi connectivity index (χ1) is 12.5. The Morgan fingerprint density at radius 2 is 1.73 bits per heavy atom. The van der Waals surface area contributed by atoms with Crippen molar-refractivity contribution in [1.82, 2.24) is 10.2 Å². The fraction of sp³-hybridized carbons (Fsp3) is 0.400. The van der Waals surface area contributed by atoms with Crippen molar-refractivity contribution in [3.05, 3.63) is 65.2 Å². The van der Waals surface area contributed by atoms with Crippen molar-refractivity contribution in [1.29, 1.82) is 0 Å². The minimum atomic E-state index is -4.34. The first-order valence-corrected chi connectivity index (χ1v) is 8.83. The highest BCUT2D eigenvalue weighted by Gasteiger charge is 2.32. The third-order valence-corrected chi connectivity index (χ3v) is 4.55. The van der Waals surface area contributed by atoms with Gasteiger partial charge in [0, 0.05) is 26.2 Å². The van der Waals surface area contributed by atoms with E-state index in [0.717, 1.165) is 43.6 Å². The van der Waals surface area contributed by atoms with Gasteiger partial charge >= 0.3 is 6.18 Å². The molecule has 0 aliphatic carbocycles. The Balaban J connectivity index is 1.98. The number of halogens is 3. The lowest BCUT2D eigenvalue weighted by Crippen LogP contribution is -2.45. The summed E-state index contributed by atoms with van der Waals surface area (Å²) in [6.45, 7) is 5.72. The van der Waals surface area contributed by atoms with Gasteiger partial charge in [0.1, 0.15) is 5.75 Å². The van der Waals surface area contributed by atoms with Gasteiger partial charge in [-0.15, -0.1) is 0 Å². The van der Waals surface area contributed by atoms with Gasteiger partial charge in [-0.2, -0.15) is 13.2 Å². The SMILES string of the molecule is CCOc1ccc(C(c2cccc(C(F)(F)F)c2)N2CCNCC2)cc1. The summed E-state index contributed by atoms with van der Waals surface area (Å²) in [6, 6.07) is 13.1. The lowest BCUT2D eigenvalue weighted by molar-refractivity contribution is -0.137. The van der Waals surface area contributed by atoms with E-state index < -0.39 is 11.7 Å². The molecule has 1 unspecified atom stereocenters. The molecule has 1 heterocycles. The highest BCUT2D eigenvalue weighted by molar-refractivity contribution is 5.38. The van der Waals surface area contributed by atoms with E-state index in [1.54, 1.807) is 6.07 Å². The van der Waals surface area contributed by atoms with Crippen LogP contribution >= 0.6 is 0 Å². The van der Waals surface area contributed by atoms with Crippen LogP contribution in [0.15, 0.2) is 48.5 Å². The fourth-order valence-corrected chi connectivity index (χ4v) is 3.35. The van der Waals surface area contributed by atoms with Gasteiger partial charge in [-0.25, -0.2) is 0 Å². The minimum absolute atomic E-state index is 0.213. The van der Waals surface area contributed by atoms with Crippen LogP contribution in [-0.4, -0.2) is 37.7 Å². The van der Waals surface area contributed by atoms with Gasteiger partial charge < -0.3 is 10.1 Å². The van der Waals surface area contributed by atoms with Crippen LogP contribution in [0.1, 0.15) is 29.7 Å². The molecule has 0 radical (unpaired) electrons. The zero-order valence-electron chi connectivity index (χ0n) is 14.7. The topological polar surface area (TPSA) is 24.5 Å². The molecular weight excluding hydrogens is 341 g/mol. The Hall–Kier alpha value is -2.05. The predicted octanol–water partition coefficient (Wildman–Crippen LogP) is 4.10. The van der Waals surface area contributed by atoms with Crippen molar-refractivity contribution in [3.63, 3.8) is 0 Å². The van der Waals surface area contributed by atoms with Gasteiger partial charge in [-0.1, -0.05) is 24.3 Å². The average Bonchev–Trinajstić information content (AvgIpc) is 2.64. The van der Waals surface area contributed by atoms with E-state index in [2.05, 4.69) is 10.2 Å². The Labute approximate surface area is 151 Å². The van der Waals surface area contributed by atoms with Gasteiger partial charge in [0.2, 0.25) is 0 Å². The van der Waals surface area contributed by atoms with Crippen LogP contribution in [-0.2, 0) is 6.18 Å². The number of alkyl halides is 3. The number of piperazine rings is 1.